The first-order valence-electron chi connectivity index (χ1n) is 7.46. The maximum atomic E-state index is 12.1. The quantitative estimate of drug-likeness (QED) is 0.726. The van der Waals surface area contributed by atoms with Crippen LogP contribution >= 0.6 is 12.4 Å². The van der Waals surface area contributed by atoms with E-state index < -0.39 is 10.0 Å². The van der Waals surface area contributed by atoms with E-state index in [1.54, 1.807) is 24.3 Å². The molecular formula is C15H23ClN4O3S. The molecule has 1 aromatic carbocycles. The molecule has 7 nitrogen and oxygen atoms in total. The molecule has 0 saturated carbocycles. The van der Waals surface area contributed by atoms with Gasteiger partial charge in [-0.15, -0.1) is 12.4 Å². The molecule has 1 heterocycles. The van der Waals surface area contributed by atoms with E-state index >= 15 is 0 Å². The van der Waals surface area contributed by atoms with Crippen LogP contribution in [0.1, 0.15) is 24.2 Å². The van der Waals surface area contributed by atoms with Gasteiger partial charge < -0.3 is 9.84 Å². The zero-order chi connectivity index (χ0) is 16.9. The number of benzene rings is 1. The van der Waals surface area contributed by atoms with Gasteiger partial charge in [0.1, 0.15) is 0 Å². The fraction of sp³-hybridized carbons (Fsp3) is 0.467. The van der Waals surface area contributed by atoms with Crippen LogP contribution in [0, 0.1) is 6.92 Å². The van der Waals surface area contributed by atoms with Gasteiger partial charge in [-0.25, -0.2) is 13.1 Å². The lowest BCUT2D eigenvalue weighted by atomic mass is 10.2. The zero-order valence-corrected chi connectivity index (χ0v) is 15.6. The van der Waals surface area contributed by atoms with Gasteiger partial charge in [0.05, 0.1) is 4.90 Å². The summed E-state index contributed by atoms with van der Waals surface area (Å²) in [5, 5.41) is 6.98. The number of halogens is 1. The normalized spacial score (nSPS) is 12.6. The van der Waals surface area contributed by atoms with Gasteiger partial charge in [-0.3, -0.25) is 0 Å². The van der Waals surface area contributed by atoms with Crippen molar-refractivity contribution in [2.24, 2.45) is 0 Å². The van der Waals surface area contributed by atoms with Crippen molar-refractivity contribution in [1.29, 1.82) is 0 Å². The van der Waals surface area contributed by atoms with Crippen molar-refractivity contribution in [3.05, 3.63) is 41.5 Å². The van der Waals surface area contributed by atoms with E-state index in [0.29, 0.717) is 24.6 Å². The summed E-state index contributed by atoms with van der Waals surface area (Å²) in [6.45, 7) is 4.14. The maximum Gasteiger partial charge on any atom is 0.240 e. The van der Waals surface area contributed by atoms with E-state index in [9.17, 15) is 8.42 Å². The van der Waals surface area contributed by atoms with Crippen LogP contribution in [0.25, 0.3) is 0 Å². The number of hydrogen-bond acceptors (Lipinski definition) is 6. The highest BCUT2D eigenvalue weighted by atomic mass is 35.5. The minimum atomic E-state index is -3.51. The standard InChI is InChI=1S/C15H22N4O3S.ClH/c1-11-4-6-13(7-5-11)23(20,21)17-9-8-15-18-14(19-22-15)10-12(2)16-3;/h4-7,12,16-17H,8-10H2,1-3H3;1H. The van der Waals surface area contributed by atoms with Gasteiger partial charge in [0, 0.05) is 25.4 Å². The Morgan fingerprint density at radius 3 is 2.54 bits per heavy atom. The molecule has 0 aliphatic rings. The zero-order valence-electron chi connectivity index (χ0n) is 13.9. The molecule has 1 atom stereocenters. The second kappa shape index (κ2) is 9.12. The number of nitrogens with zero attached hydrogens (tertiary/aromatic N) is 2. The highest BCUT2D eigenvalue weighted by Gasteiger charge is 2.14. The summed E-state index contributed by atoms with van der Waals surface area (Å²) in [5.74, 6) is 1.04. The Morgan fingerprint density at radius 2 is 1.92 bits per heavy atom. The maximum absolute atomic E-state index is 12.1. The van der Waals surface area contributed by atoms with Gasteiger partial charge in [-0.1, -0.05) is 22.9 Å². The summed E-state index contributed by atoms with van der Waals surface area (Å²) in [4.78, 5) is 4.50. The lowest BCUT2D eigenvalue weighted by molar-refractivity contribution is 0.371. The summed E-state index contributed by atoms with van der Waals surface area (Å²) in [6.07, 6.45) is 1.01. The fourth-order valence-corrected chi connectivity index (χ4v) is 2.98. The Kier molecular flexibility index (Phi) is 7.82. The Bertz CT molecular complexity index is 731. The fourth-order valence-electron chi connectivity index (χ4n) is 1.94. The largest absolute Gasteiger partial charge is 0.339 e. The number of rotatable bonds is 8. The average molecular weight is 375 g/mol. The van der Waals surface area contributed by atoms with Crippen LogP contribution in [0.15, 0.2) is 33.7 Å². The van der Waals surface area contributed by atoms with Crippen LogP contribution in [-0.4, -0.2) is 38.2 Å². The highest BCUT2D eigenvalue weighted by molar-refractivity contribution is 7.89. The van der Waals surface area contributed by atoms with Crippen LogP contribution in [0.2, 0.25) is 0 Å². The molecule has 0 radical (unpaired) electrons. The summed E-state index contributed by atoms with van der Waals surface area (Å²) < 4.78 is 31.9. The Balaban J connectivity index is 0.00000288. The molecule has 0 fully saturated rings. The second-order valence-electron chi connectivity index (χ2n) is 5.46. The van der Waals surface area contributed by atoms with Gasteiger partial charge in [0.2, 0.25) is 15.9 Å². The monoisotopic (exact) mass is 374 g/mol. The molecule has 0 spiro atoms. The first-order chi connectivity index (χ1) is 10.9. The van der Waals surface area contributed by atoms with E-state index in [1.165, 1.54) is 0 Å². The third-order valence-corrected chi connectivity index (χ3v) is 4.93. The molecule has 134 valence electrons. The number of sulfonamides is 1. The summed E-state index contributed by atoms with van der Waals surface area (Å²) in [5.41, 5.74) is 1.01. The van der Waals surface area contributed by atoms with Gasteiger partial charge in [-0.05, 0) is 33.0 Å². The van der Waals surface area contributed by atoms with Gasteiger partial charge in [0.15, 0.2) is 5.82 Å². The molecular weight excluding hydrogens is 352 g/mol. The molecule has 2 N–H and O–H groups in total. The first-order valence-corrected chi connectivity index (χ1v) is 8.94. The molecule has 24 heavy (non-hydrogen) atoms. The van der Waals surface area contributed by atoms with Crippen molar-refractivity contribution in [2.75, 3.05) is 13.6 Å². The molecule has 1 aromatic heterocycles. The van der Waals surface area contributed by atoms with E-state index in [0.717, 1.165) is 5.56 Å². The molecule has 2 aromatic rings. The minimum absolute atomic E-state index is 0. The summed E-state index contributed by atoms with van der Waals surface area (Å²) in [7, 11) is -1.65. The molecule has 0 aliphatic carbocycles. The van der Waals surface area contributed by atoms with Crippen LogP contribution < -0.4 is 10.0 Å². The predicted octanol–water partition coefficient (Wildman–Crippen LogP) is 1.47. The third-order valence-electron chi connectivity index (χ3n) is 3.45. The molecule has 0 aliphatic heterocycles. The van der Waals surface area contributed by atoms with Crippen molar-refractivity contribution in [3.63, 3.8) is 0 Å². The van der Waals surface area contributed by atoms with Gasteiger partial charge in [-0.2, -0.15) is 4.98 Å². The number of nitrogens with one attached hydrogen (secondary N) is 2. The second-order valence-corrected chi connectivity index (χ2v) is 7.23. The Hall–Kier alpha value is -1.48. The smallest absolute Gasteiger partial charge is 0.240 e. The van der Waals surface area contributed by atoms with Crippen molar-refractivity contribution >= 4 is 22.4 Å². The molecule has 0 saturated heterocycles. The topological polar surface area (TPSA) is 97.1 Å². The van der Waals surface area contributed by atoms with Crippen molar-refractivity contribution < 1.29 is 12.9 Å². The van der Waals surface area contributed by atoms with Crippen molar-refractivity contribution in [3.8, 4) is 0 Å². The molecule has 0 amide bonds. The molecule has 1 unspecified atom stereocenters. The van der Waals surface area contributed by atoms with Crippen LogP contribution in [0.4, 0.5) is 0 Å². The lowest BCUT2D eigenvalue weighted by Crippen LogP contribution is -2.26. The number of aromatic nitrogens is 2. The van der Waals surface area contributed by atoms with Crippen LogP contribution in [0.3, 0.4) is 0 Å². The number of likely N-dealkylation sites (N-methyl/N-ethyl adjacent to an activating group) is 1. The predicted molar refractivity (Wildman–Crippen MR) is 93.8 cm³/mol. The van der Waals surface area contributed by atoms with E-state index in [1.807, 2.05) is 20.9 Å². The van der Waals surface area contributed by atoms with Crippen molar-refractivity contribution in [1.82, 2.24) is 20.2 Å². The van der Waals surface area contributed by atoms with Crippen LogP contribution in [-0.2, 0) is 22.9 Å². The summed E-state index contributed by atoms with van der Waals surface area (Å²) in [6, 6.07) is 6.95. The minimum Gasteiger partial charge on any atom is -0.339 e. The third kappa shape index (κ3) is 5.86. The average Bonchev–Trinajstić information content (AvgIpc) is 2.94. The van der Waals surface area contributed by atoms with Gasteiger partial charge >= 0.3 is 0 Å². The lowest BCUT2D eigenvalue weighted by Gasteiger charge is -2.05. The first kappa shape index (κ1) is 20.6. The SMILES string of the molecule is CNC(C)Cc1noc(CCNS(=O)(=O)c2ccc(C)cc2)n1.Cl. The summed E-state index contributed by atoms with van der Waals surface area (Å²) >= 11 is 0. The van der Waals surface area contributed by atoms with E-state index in [-0.39, 0.29) is 29.9 Å². The Labute approximate surface area is 148 Å². The number of aryl methyl sites for hydroxylation is 1. The van der Waals surface area contributed by atoms with E-state index in [2.05, 4.69) is 20.2 Å². The number of hydrogen-bond donors (Lipinski definition) is 2. The van der Waals surface area contributed by atoms with E-state index in [4.69, 9.17) is 4.52 Å². The molecule has 2 rings (SSSR count). The van der Waals surface area contributed by atoms with Crippen LogP contribution in [0.5, 0.6) is 0 Å². The van der Waals surface area contributed by atoms with Gasteiger partial charge in [0.25, 0.3) is 0 Å². The molecule has 0 bridgehead atoms. The highest BCUT2D eigenvalue weighted by Crippen LogP contribution is 2.10. The van der Waals surface area contributed by atoms with Crippen molar-refractivity contribution in [2.45, 2.75) is 37.6 Å². The molecule has 9 heteroatoms. The Morgan fingerprint density at radius 1 is 1.25 bits per heavy atom.